The topological polar surface area (TPSA) is 41.5 Å². The molecule has 1 unspecified atom stereocenters. The second kappa shape index (κ2) is 10.0. The maximum Gasteiger partial charge on any atom is 0.137 e. The van der Waals surface area contributed by atoms with Crippen LogP contribution in [-0.2, 0) is 0 Å². The van der Waals surface area contributed by atoms with Crippen LogP contribution in [0.25, 0.3) is 0 Å². The van der Waals surface area contributed by atoms with E-state index in [2.05, 4.69) is 25.2 Å². The van der Waals surface area contributed by atoms with E-state index in [0.29, 0.717) is 17.7 Å². The van der Waals surface area contributed by atoms with Gasteiger partial charge in [-0.2, -0.15) is 0 Å². The summed E-state index contributed by atoms with van der Waals surface area (Å²) in [6.07, 6.45) is 3.99. The Kier molecular flexibility index (Phi) is 8.67. The van der Waals surface area contributed by atoms with Gasteiger partial charge in [-0.3, -0.25) is 0 Å². The molecule has 3 nitrogen and oxygen atoms in total. The fraction of sp³-hybridized carbons (Fsp3) is 0.625. The van der Waals surface area contributed by atoms with Crippen LogP contribution in [-0.4, -0.2) is 24.9 Å². The Hall–Kier alpha value is -0.770. The summed E-state index contributed by atoms with van der Waals surface area (Å²) in [5, 5.41) is 12.7. The highest BCUT2D eigenvalue weighted by molar-refractivity contribution is 6.32. The van der Waals surface area contributed by atoms with Crippen molar-refractivity contribution in [3.05, 3.63) is 28.8 Å². The van der Waals surface area contributed by atoms with Crippen molar-refractivity contribution < 1.29 is 9.84 Å². The van der Waals surface area contributed by atoms with E-state index < -0.39 is 0 Å². The Morgan fingerprint density at radius 3 is 2.65 bits per heavy atom. The molecule has 0 amide bonds. The van der Waals surface area contributed by atoms with Gasteiger partial charge in [-0.25, -0.2) is 0 Å². The Bertz CT molecular complexity index is 385. The third-order valence-electron chi connectivity index (χ3n) is 3.28. The third-order valence-corrected chi connectivity index (χ3v) is 3.57. The highest BCUT2D eigenvalue weighted by Crippen LogP contribution is 2.28. The number of hydrogen-bond acceptors (Lipinski definition) is 3. The largest absolute Gasteiger partial charge is 0.492 e. The van der Waals surface area contributed by atoms with E-state index in [4.69, 9.17) is 21.4 Å². The number of halogens is 1. The smallest absolute Gasteiger partial charge is 0.137 e. The minimum Gasteiger partial charge on any atom is -0.492 e. The third kappa shape index (κ3) is 6.12. The van der Waals surface area contributed by atoms with Crippen molar-refractivity contribution in [2.45, 2.75) is 45.6 Å². The van der Waals surface area contributed by atoms with Crippen molar-refractivity contribution >= 4 is 11.6 Å². The molecule has 0 aromatic heterocycles. The minimum atomic E-state index is 0.276. The zero-order chi connectivity index (χ0) is 14.8. The van der Waals surface area contributed by atoms with Crippen LogP contribution in [0.2, 0.25) is 5.02 Å². The van der Waals surface area contributed by atoms with Gasteiger partial charge in [-0.1, -0.05) is 31.0 Å². The summed E-state index contributed by atoms with van der Waals surface area (Å²) in [5.41, 5.74) is 1.17. The molecule has 0 spiro atoms. The van der Waals surface area contributed by atoms with E-state index in [1.807, 2.05) is 12.1 Å². The first kappa shape index (κ1) is 17.3. The van der Waals surface area contributed by atoms with Gasteiger partial charge in [0.15, 0.2) is 0 Å². The lowest BCUT2D eigenvalue weighted by atomic mass is 10.1. The van der Waals surface area contributed by atoms with E-state index in [9.17, 15) is 0 Å². The van der Waals surface area contributed by atoms with Gasteiger partial charge in [0, 0.05) is 12.6 Å². The normalized spacial score (nSPS) is 12.4. The molecular weight excluding hydrogens is 274 g/mol. The molecule has 114 valence electrons. The lowest BCUT2D eigenvalue weighted by Crippen LogP contribution is -2.17. The molecule has 1 rings (SSSR count). The second-order valence-corrected chi connectivity index (χ2v) is 5.36. The van der Waals surface area contributed by atoms with E-state index >= 15 is 0 Å². The van der Waals surface area contributed by atoms with E-state index in [1.165, 1.54) is 5.56 Å². The van der Waals surface area contributed by atoms with Crippen LogP contribution in [0.5, 0.6) is 5.75 Å². The van der Waals surface area contributed by atoms with Gasteiger partial charge in [0.2, 0.25) is 0 Å². The predicted octanol–water partition coefficient (Wildman–Crippen LogP) is 3.94. The summed E-state index contributed by atoms with van der Waals surface area (Å²) in [4.78, 5) is 0. The van der Waals surface area contributed by atoms with Gasteiger partial charge in [0.1, 0.15) is 5.75 Å². The van der Waals surface area contributed by atoms with Crippen LogP contribution >= 0.6 is 11.6 Å². The van der Waals surface area contributed by atoms with Crippen LogP contribution in [0.15, 0.2) is 18.2 Å². The van der Waals surface area contributed by atoms with Gasteiger partial charge in [0.05, 0.1) is 11.6 Å². The van der Waals surface area contributed by atoms with Crippen LogP contribution < -0.4 is 10.1 Å². The summed E-state index contributed by atoms with van der Waals surface area (Å²) >= 11 is 6.25. The van der Waals surface area contributed by atoms with Crippen molar-refractivity contribution in [2.24, 2.45) is 0 Å². The van der Waals surface area contributed by atoms with Gasteiger partial charge in [-0.15, -0.1) is 0 Å². The number of ether oxygens (including phenoxy) is 1. The highest BCUT2D eigenvalue weighted by Gasteiger charge is 2.08. The quantitative estimate of drug-likeness (QED) is 0.643. The SMILES string of the molecule is CCNC(C)c1ccc(OCCCCCCO)c(Cl)c1. The van der Waals surface area contributed by atoms with Crippen molar-refractivity contribution in [1.82, 2.24) is 5.32 Å². The molecule has 2 N–H and O–H groups in total. The molecule has 0 aliphatic heterocycles. The summed E-state index contributed by atoms with van der Waals surface area (Å²) in [6.45, 7) is 6.10. The molecule has 1 aromatic carbocycles. The van der Waals surface area contributed by atoms with E-state index in [-0.39, 0.29) is 6.61 Å². The van der Waals surface area contributed by atoms with E-state index in [0.717, 1.165) is 38.0 Å². The molecule has 1 aromatic rings. The molecule has 0 bridgehead atoms. The molecule has 0 saturated heterocycles. The zero-order valence-corrected chi connectivity index (χ0v) is 13.2. The summed E-state index contributed by atoms with van der Waals surface area (Å²) in [7, 11) is 0. The molecule has 0 aliphatic rings. The summed E-state index contributed by atoms with van der Waals surface area (Å²) in [6, 6.07) is 6.26. The molecule has 0 radical (unpaired) electrons. The average Bonchev–Trinajstić information content (AvgIpc) is 2.44. The second-order valence-electron chi connectivity index (χ2n) is 4.96. The molecule has 20 heavy (non-hydrogen) atoms. The number of unbranched alkanes of at least 4 members (excludes halogenated alkanes) is 3. The number of rotatable bonds is 10. The summed E-state index contributed by atoms with van der Waals surface area (Å²) < 4.78 is 5.70. The minimum absolute atomic E-state index is 0.276. The first-order valence-corrected chi connectivity index (χ1v) is 7.83. The monoisotopic (exact) mass is 299 g/mol. The molecule has 0 fully saturated rings. The fourth-order valence-electron chi connectivity index (χ4n) is 2.08. The van der Waals surface area contributed by atoms with Crippen LogP contribution in [0.3, 0.4) is 0 Å². The standard InChI is InChI=1S/C16H26ClNO2/c1-3-18-13(2)14-8-9-16(15(17)12-14)20-11-7-5-4-6-10-19/h8-9,12-13,18-19H,3-7,10-11H2,1-2H3. The Morgan fingerprint density at radius 1 is 1.25 bits per heavy atom. The highest BCUT2D eigenvalue weighted by atomic mass is 35.5. The first-order valence-electron chi connectivity index (χ1n) is 7.45. The van der Waals surface area contributed by atoms with Crippen molar-refractivity contribution in [3.63, 3.8) is 0 Å². The first-order chi connectivity index (χ1) is 9.69. The molecule has 0 heterocycles. The van der Waals surface area contributed by atoms with Gasteiger partial charge >= 0.3 is 0 Å². The van der Waals surface area contributed by atoms with Gasteiger partial charge in [0.25, 0.3) is 0 Å². The number of hydrogen-bond donors (Lipinski definition) is 2. The number of aliphatic hydroxyl groups excluding tert-OH is 1. The maximum absolute atomic E-state index is 8.69. The Balaban J connectivity index is 2.39. The number of nitrogens with one attached hydrogen (secondary N) is 1. The van der Waals surface area contributed by atoms with Gasteiger partial charge < -0.3 is 15.2 Å². The predicted molar refractivity (Wildman–Crippen MR) is 84.6 cm³/mol. The Morgan fingerprint density at radius 2 is 2.00 bits per heavy atom. The van der Waals surface area contributed by atoms with Crippen molar-refractivity contribution in [2.75, 3.05) is 19.8 Å². The number of aliphatic hydroxyl groups is 1. The zero-order valence-electron chi connectivity index (χ0n) is 12.5. The fourth-order valence-corrected chi connectivity index (χ4v) is 2.32. The molecular formula is C16H26ClNO2. The molecule has 0 saturated carbocycles. The van der Waals surface area contributed by atoms with Crippen molar-refractivity contribution in [3.8, 4) is 5.75 Å². The summed E-state index contributed by atoms with van der Waals surface area (Å²) in [5.74, 6) is 0.751. The van der Waals surface area contributed by atoms with Gasteiger partial charge in [-0.05, 0) is 50.4 Å². The number of benzene rings is 1. The van der Waals surface area contributed by atoms with Crippen LogP contribution in [0, 0.1) is 0 Å². The molecule has 4 heteroatoms. The molecule has 1 atom stereocenters. The van der Waals surface area contributed by atoms with Crippen molar-refractivity contribution in [1.29, 1.82) is 0 Å². The average molecular weight is 300 g/mol. The molecule has 0 aliphatic carbocycles. The lowest BCUT2D eigenvalue weighted by molar-refractivity contribution is 0.273. The Labute approximate surface area is 127 Å². The van der Waals surface area contributed by atoms with Crippen LogP contribution in [0.4, 0.5) is 0 Å². The lowest BCUT2D eigenvalue weighted by Gasteiger charge is -2.15. The maximum atomic E-state index is 8.69. The van der Waals surface area contributed by atoms with E-state index in [1.54, 1.807) is 0 Å². The van der Waals surface area contributed by atoms with Crippen LogP contribution in [0.1, 0.15) is 51.1 Å².